The Bertz CT molecular complexity index is 3600. The van der Waals surface area contributed by atoms with Crippen molar-refractivity contribution in [1.82, 2.24) is 0 Å². The van der Waals surface area contributed by atoms with Gasteiger partial charge in [0, 0.05) is 34.1 Å². The largest absolute Gasteiger partial charge is 0.311 e. The first kappa shape index (κ1) is 42.2. The van der Waals surface area contributed by atoms with Gasteiger partial charge >= 0.3 is 0 Å². The number of fused-ring (bicyclic) bond motifs is 4. The topological polar surface area (TPSA) is 6.48 Å². The van der Waals surface area contributed by atoms with Gasteiger partial charge in [-0.05, 0) is 133 Å². The molecule has 3 heteroatoms. The lowest BCUT2D eigenvalue weighted by molar-refractivity contribution is 0.745. The average molecular weight is 905 g/mol. The summed E-state index contributed by atoms with van der Waals surface area (Å²) in [5.74, 6) is 0. The summed E-state index contributed by atoms with van der Waals surface area (Å²) in [5.41, 5.74) is 23.6. The normalized spacial score (nSPS) is 12.5. The van der Waals surface area contributed by atoms with E-state index < -0.39 is 5.41 Å². The van der Waals surface area contributed by atoms with Crippen molar-refractivity contribution in [1.29, 1.82) is 0 Å². The number of hydrogen-bond acceptors (Lipinski definition) is 2. The predicted molar refractivity (Wildman–Crippen MR) is 300 cm³/mol. The van der Waals surface area contributed by atoms with Gasteiger partial charge in [0.05, 0.1) is 5.41 Å². The van der Waals surface area contributed by atoms with Crippen LogP contribution in [0.1, 0.15) is 27.8 Å². The molecule has 2 nitrogen and oxygen atoms in total. The van der Waals surface area contributed by atoms with Gasteiger partial charge in [-0.3, -0.25) is 0 Å². The van der Waals surface area contributed by atoms with Crippen molar-refractivity contribution in [3.05, 3.63) is 307 Å². The minimum absolute atomic E-state index is 0.0220. The first-order valence-electron chi connectivity index (χ1n) is 24.7. The van der Waals surface area contributed by atoms with E-state index in [1.807, 2.05) is 0 Å². The van der Waals surface area contributed by atoms with Crippen LogP contribution in [0.4, 0.5) is 34.1 Å². The van der Waals surface area contributed by atoms with Crippen LogP contribution in [0.2, 0.25) is 0 Å². The van der Waals surface area contributed by atoms with E-state index in [4.69, 9.17) is 0 Å². The molecule has 0 unspecified atom stereocenters. The second-order valence-corrected chi connectivity index (χ2v) is 18.9. The van der Waals surface area contributed by atoms with Crippen LogP contribution in [0.15, 0.2) is 279 Å². The molecular formula is C68H49BN2. The maximum absolute atomic E-state index is 2.55. The molecule has 0 amide bonds. The van der Waals surface area contributed by atoms with Crippen LogP contribution >= 0.6 is 0 Å². The summed E-state index contributed by atoms with van der Waals surface area (Å²) < 4.78 is 0. The number of anilines is 6. The molecule has 0 N–H and O–H groups in total. The third-order valence-electron chi connectivity index (χ3n) is 14.8. The number of benzene rings is 11. The zero-order chi connectivity index (χ0) is 47.3. The summed E-state index contributed by atoms with van der Waals surface area (Å²) in [4.78, 5) is 5.08. The molecule has 0 saturated carbocycles. The second kappa shape index (κ2) is 17.6. The van der Waals surface area contributed by atoms with Gasteiger partial charge in [0.2, 0.25) is 0 Å². The number of aryl methyl sites for hydroxylation is 1. The van der Waals surface area contributed by atoms with Crippen LogP contribution in [0.3, 0.4) is 0 Å². The molecule has 0 radical (unpaired) electrons. The third-order valence-corrected chi connectivity index (χ3v) is 14.8. The Labute approximate surface area is 417 Å². The highest BCUT2D eigenvalue weighted by Gasteiger charge is 2.44. The Hall–Kier alpha value is -8.92. The predicted octanol–water partition coefficient (Wildman–Crippen LogP) is 15.5. The van der Waals surface area contributed by atoms with E-state index in [9.17, 15) is 0 Å². The van der Waals surface area contributed by atoms with E-state index in [1.54, 1.807) is 0 Å². The first-order chi connectivity index (χ1) is 35.1. The maximum atomic E-state index is 2.55. The summed E-state index contributed by atoms with van der Waals surface area (Å²) >= 11 is 0. The molecule has 11 aromatic carbocycles. The van der Waals surface area contributed by atoms with Crippen molar-refractivity contribution < 1.29 is 0 Å². The summed E-state index contributed by atoms with van der Waals surface area (Å²) in [6.45, 7) is 2.23. The zero-order valence-corrected chi connectivity index (χ0v) is 39.5. The number of hydrogen-bond donors (Lipinski definition) is 0. The lowest BCUT2D eigenvalue weighted by Crippen LogP contribution is -2.61. The van der Waals surface area contributed by atoms with Crippen LogP contribution in [0.25, 0.3) is 33.4 Å². The van der Waals surface area contributed by atoms with E-state index in [0.29, 0.717) is 0 Å². The second-order valence-electron chi connectivity index (χ2n) is 18.9. The quantitative estimate of drug-likeness (QED) is 0.105. The van der Waals surface area contributed by atoms with E-state index in [-0.39, 0.29) is 6.71 Å². The molecule has 2 aliphatic rings. The maximum Gasteiger partial charge on any atom is 0.252 e. The van der Waals surface area contributed by atoms with Crippen molar-refractivity contribution in [2.24, 2.45) is 0 Å². The Morgan fingerprint density at radius 3 is 1.08 bits per heavy atom. The lowest BCUT2D eigenvalue weighted by atomic mass is 9.33. The molecule has 0 bridgehead atoms. The Morgan fingerprint density at radius 2 is 0.648 bits per heavy atom. The smallest absolute Gasteiger partial charge is 0.252 e. The van der Waals surface area contributed by atoms with Crippen LogP contribution in [0.5, 0.6) is 0 Å². The Balaban J connectivity index is 1.06. The monoisotopic (exact) mass is 904 g/mol. The van der Waals surface area contributed by atoms with Crippen molar-refractivity contribution in [2.75, 3.05) is 9.80 Å². The van der Waals surface area contributed by atoms with Crippen LogP contribution < -0.4 is 26.2 Å². The van der Waals surface area contributed by atoms with Gasteiger partial charge in [0.1, 0.15) is 0 Å². The van der Waals surface area contributed by atoms with Crippen LogP contribution in [-0.2, 0) is 5.41 Å². The van der Waals surface area contributed by atoms with Gasteiger partial charge in [-0.15, -0.1) is 0 Å². The first-order valence-corrected chi connectivity index (χ1v) is 24.7. The molecular weight excluding hydrogens is 856 g/mol. The highest BCUT2D eigenvalue weighted by molar-refractivity contribution is 7.00. The molecule has 11 aromatic rings. The molecule has 0 spiro atoms. The summed E-state index contributed by atoms with van der Waals surface area (Å²) in [5, 5.41) is 0. The number of nitrogens with zero attached hydrogens (tertiary/aromatic N) is 2. The molecule has 2 aliphatic heterocycles. The Kier molecular flexibility index (Phi) is 10.4. The van der Waals surface area contributed by atoms with Gasteiger partial charge in [0.15, 0.2) is 0 Å². The summed E-state index contributed by atoms with van der Waals surface area (Å²) in [6.07, 6.45) is 0. The van der Waals surface area contributed by atoms with Crippen LogP contribution in [-0.4, -0.2) is 6.71 Å². The minimum Gasteiger partial charge on any atom is -0.311 e. The van der Waals surface area contributed by atoms with E-state index >= 15 is 0 Å². The third kappa shape index (κ3) is 7.12. The molecule has 334 valence electrons. The molecule has 71 heavy (non-hydrogen) atoms. The molecule has 2 heterocycles. The molecule has 0 atom stereocenters. The standard InChI is InChI=1S/C68H49BN2/c1-48-43-65-67-66(44-48)71(60-34-20-27-52(45-60)49-21-8-2-9-22-49)64-47-54(51-25-12-4-13-26-51)36-42-62(64)69(67)61-41-35-53(50-23-10-3-11-24-50)46-63(61)70(65)59-39-37-58(38-40-59)68(55-28-14-5-15-29-55,56-30-16-6-17-31-56)57-32-18-7-19-33-57/h2-47H,1H3. The molecule has 13 rings (SSSR count). The SMILES string of the molecule is Cc1cc2c3c(c1)N(c1cccc(-c4ccccc4)c1)c1cc(-c4ccccc4)ccc1B3c1ccc(-c3ccccc3)cc1N2c1ccc(C(c2ccccc2)(c2ccccc2)c2ccccc2)cc1. The summed E-state index contributed by atoms with van der Waals surface area (Å²) in [7, 11) is 0. The van der Waals surface area contributed by atoms with Gasteiger partial charge in [0.25, 0.3) is 6.71 Å². The van der Waals surface area contributed by atoms with Gasteiger partial charge in [-0.1, -0.05) is 231 Å². The van der Waals surface area contributed by atoms with Crippen molar-refractivity contribution >= 4 is 57.2 Å². The fourth-order valence-corrected chi connectivity index (χ4v) is 11.7. The highest BCUT2D eigenvalue weighted by Crippen LogP contribution is 2.49. The fraction of sp³-hybridized carbons (Fsp3) is 0.0294. The zero-order valence-electron chi connectivity index (χ0n) is 39.5. The molecule has 0 aliphatic carbocycles. The van der Waals surface area contributed by atoms with E-state index in [1.165, 1.54) is 100 Å². The summed E-state index contributed by atoms with van der Waals surface area (Å²) in [6, 6.07) is 103. The molecule has 0 aromatic heterocycles. The number of rotatable bonds is 9. The minimum atomic E-state index is -0.562. The van der Waals surface area contributed by atoms with E-state index in [0.717, 1.165) is 11.4 Å². The van der Waals surface area contributed by atoms with Crippen LogP contribution in [0, 0.1) is 6.92 Å². The van der Waals surface area contributed by atoms with Crippen molar-refractivity contribution in [2.45, 2.75) is 12.3 Å². The van der Waals surface area contributed by atoms with Gasteiger partial charge < -0.3 is 9.80 Å². The lowest BCUT2D eigenvalue weighted by Gasteiger charge is -2.45. The van der Waals surface area contributed by atoms with Gasteiger partial charge in [-0.2, -0.15) is 0 Å². The molecule has 0 fully saturated rings. The van der Waals surface area contributed by atoms with Crippen molar-refractivity contribution in [3.8, 4) is 33.4 Å². The van der Waals surface area contributed by atoms with Gasteiger partial charge in [-0.25, -0.2) is 0 Å². The highest BCUT2D eigenvalue weighted by atomic mass is 15.2. The van der Waals surface area contributed by atoms with E-state index in [2.05, 4.69) is 296 Å². The average Bonchev–Trinajstić information content (AvgIpc) is 3.44. The fourth-order valence-electron chi connectivity index (χ4n) is 11.7. The van der Waals surface area contributed by atoms with Crippen molar-refractivity contribution in [3.63, 3.8) is 0 Å². The Morgan fingerprint density at radius 1 is 0.282 bits per heavy atom. The molecule has 0 saturated heterocycles.